The number of carbonyl (C=O) groups excluding carboxylic acids is 1. The number of fused-ring (bicyclic) bond motifs is 1. The molecule has 0 amide bonds. The Hall–Kier alpha value is -0.830. The van der Waals surface area contributed by atoms with Gasteiger partial charge >= 0.3 is 0 Å². The third-order valence-electron chi connectivity index (χ3n) is 1.82. The van der Waals surface area contributed by atoms with Gasteiger partial charge in [0.2, 0.25) is 0 Å². The molecule has 2 rings (SSSR count). The fraction of sp³-hybridized carbons (Fsp3) is 0.333. The van der Waals surface area contributed by atoms with Crippen LogP contribution in [0.15, 0.2) is 17.0 Å². The lowest BCUT2D eigenvalue weighted by molar-refractivity contribution is -0.116. The van der Waals surface area contributed by atoms with Gasteiger partial charge in [-0.3, -0.25) is 9.78 Å². The zero-order valence-corrected chi connectivity index (χ0v) is 7.65. The van der Waals surface area contributed by atoms with E-state index in [1.54, 1.807) is 11.8 Å². The van der Waals surface area contributed by atoms with Gasteiger partial charge in [-0.15, -0.1) is 11.8 Å². The van der Waals surface area contributed by atoms with E-state index in [9.17, 15) is 4.79 Å². The van der Waals surface area contributed by atoms with E-state index in [0.29, 0.717) is 12.2 Å². The second-order valence-electron chi connectivity index (χ2n) is 2.90. The largest absolute Gasteiger partial charge is 0.298 e. The van der Waals surface area contributed by atoms with Crippen molar-refractivity contribution in [3.8, 4) is 0 Å². The lowest BCUT2D eigenvalue weighted by Gasteiger charge is -2.12. The molecule has 2 heterocycles. The number of thioether (sulfide) groups is 1. The van der Waals surface area contributed by atoms with Crippen LogP contribution in [0.3, 0.4) is 0 Å². The Balaban J connectivity index is 2.44. The van der Waals surface area contributed by atoms with E-state index in [4.69, 9.17) is 0 Å². The normalized spacial score (nSPS) is 15.9. The highest BCUT2D eigenvalue weighted by Crippen LogP contribution is 2.26. The SMILES string of the molecule is Cc1ccc2c(n1)CC(=O)CS2. The molecule has 1 aliphatic heterocycles. The number of aromatic nitrogens is 1. The smallest absolute Gasteiger partial charge is 0.149 e. The van der Waals surface area contributed by atoms with E-state index in [1.807, 2.05) is 13.0 Å². The molecule has 0 saturated heterocycles. The van der Waals surface area contributed by atoms with Gasteiger partial charge in [-0.2, -0.15) is 0 Å². The Morgan fingerprint density at radius 1 is 1.50 bits per heavy atom. The highest BCUT2D eigenvalue weighted by molar-refractivity contribution is 8.00. The number of rotatable bonds is 0. The van der Waals surface area contributed by atoms with Crippen LogP contribution < -0.4 is 0 Å². The number of hydrogen-bond acceptors (Lipinski definition) is 3. The second-order valence-corrected chi connectivity index (χ2v) is 3.92. The van der Waals surface area contributed by atoms with Crippen LogP contribution in [0, 0.1) is 6.92 Å². The number of ketones is 1. The summed E-state index contributed by atoms with van der Waals surface area (Å²) in [6.45, 7) is 1.95. The van der Waals surface area contributed by atoms with Crippen LogP contribution in [0.2, 0.25) is 0 Å². The fourth-order valence-electron chi connectivity index (χ4n) is 1.25. The standard InChI is InChI=1S/C9H9NOS/c1-6-2-3-9-8(10-6)4-7(11)5-12-9/h2-3H,4-5H2,1H3. The molecule has 0 aromatic carbocycles. The summed E-state index contributed by atoms with van der Waals surface area (Å²) in [7, 11) is 0. The maximum absolute atomic E-state index is 11.1. The van der Waals surface area contributed by atoms with E-state index < -0.39 is 0 Å². The van der Waals surface area contributed by atoms with Crippen LogP contribution in [0.5, 0.6) is 0 Å². The predicted molar refractivity (Wildman–Crippen MR) is 48.4 cm³/mol. The van der Waals surface area contributed by atoms with E-state index in [1.165, 1.54) is 4.90 Å². The number of aryl methyl sites for hydroxylation is 1. The average molecular weight is 179 g/mol. The Bertz CT molecular complexity index is 335. The minimum atomic E-state index is 0.283. The van der Waals surface area contributed by atoms with Crippen molar-refractivity contribution in [2.24, 2.45) is 0 Å². The van der Waals surface area contributed by atoms with Crippen molar-refractivity contribution in [3.63, 3.8) is 0 Å². The molecule has 0 spiro atoms. The number of nitrogens with zero attached hydrogens (tertiary/aromatic N) is 1. The van der Waals surface area contributed by atoms with Gasteiger partial charge in [0, 0.05) is 10.6 Å². The minimum absolute atomic E-state index is 0.283. The van der Waals surface area contributed by atoms with Crippen LogP contribution in [0.25, 0.3) is 0 Å². The monoisotopic (exact) mass is 179 g/mol. The fourth-order valence-corrected chi connectivity index (χ4v) is 2.12. The highest BCUT2D eigenvalue weighted by Gasteiger charge is 2.16. The van der Waals surface area contributed by atoms with Crippen LogP contribution in [-0.2, 0) is 11.2 Å². The first kappa shape index (κ1) is 7.80. The average Bonchev–Trinajstić information content (AvgIpc) is 2.03. The predicted octanol–water partition coefficient (Wildman–Crippen LogP) is 1.61. The highest BCUT2D eigenvalue weighted by atomic mass is 32.2. The molecule has 62 valence electrons. The topological polar surface area (TPSA) is 30.0 Å². The van der Waals surface area contributed by atoms with Crippen molar-refractivity contribution in [1.29, 1.82) is 0 Å². The number of Topliss-reactive ketones (excluding diaryl/α,β-unsaturated/α-hetero) is 1. The van der Waals surface area contributed by atoms with Crippen LogP contribution in [0.4, 0.5) is 0 Å². The van der Waals surface area contributed by atoms with E-state index >= 15 is 0 Å². The van der Waals surface area contributed by atoms with Gasteiger partial charge < -0.3 is 0 Å². The summed E-state index contributed by atoms with van der Waals surface area (Å²) < 4.78 is 0. The lowest BCUT2D eigenvalue weighted by atomic mass is 10.2. The molecule has 1 aromatic rings. The van der Waals surface area contributed by atoms with Gasteiger partial charge in [0.25, 0.3) is 0 Å². The first-order valence-corrected chi connectivity index (χ1v) is 4.85. The Kier molecular flexibility index (Phi) is 1.89. The molecule has 0 saturated carbocycles. The molecular formula is C9H9NOS. The molecule has 0 atom stereocenters. The number of pyridine rings is 1. The molecule has 0 fully saturated rings. The molecular weight excluding hydrogens is 170 g/mol. The quantitative estimate of drug-likeness (QED) is 0.606. The van der Waals surface area contributed by atoms with Crippen LogP contribution >= 0.6 is 11.8 Å². The molecule has 0 unspecified atom stereocenters. The maximum atomic E-state index is 11.1. The van der Waals surface area contributed by atoms with Crippen molar-refractivity contribution in [1.82, 2.24) is 4.98 Å². The van der Waals surface area contributed by atoms with Crippen molar-refractivity contribution in [2.45, 2.75) is 18.2 Å². The number of carbonyl (C=O) groups is 1. The molecule has 1 aromatic heterocycles. The van der Waals surface area contributed by atoms with Crippen molar-refractivity contribution >= 4 is 17.5 Å². The van der Waals surface area contributed by atoms with E-state index in [-0.39, 0.29) is 5.78 Å². The molecule has 0 bridgehead atoms. The summed E-state index contributed by atoms with van der Waals surface area (Å²) in [6.07, 6.45) is 0.518. The molecule has 0 aliphatic carbocycles. The summed E-state index contributed by atoms with van der Waals surface area (Å²) in [5, 5.41) is 0. The molecule has 3 heteroatoms. The molecule has 1 aliphatic rings. The van der Waals surface area contributed by atoms with Gasteiger partial charge in [-0.25, -0.2) is 0 Å². The van der Waals surface area contributed by atoms with Crippen LogP contribution in [0.1, 0.15) is 11.4 Å². The lowest BCUT2D eigenvalue weighted by Crippen LogP contribution is -2.13. The van der Waals surface area contributed by atoms with Gasteiger partial charge in [0.05, 0.1) is 17.9 Å². The Labute approximate surface area is 75.4 Å². The van der Waals surface area contributed by atoms with Gasteiger partial charge in [-0.1, -0.05) is 0 Å². The molecule has 0 N–H and O–H groups in total. The molecule has 0 radical (unpaired) electrons. The van der Waals surface area contributed by atoms with E-state index in [0.717, 1.165) is 11.4 Å². The second kappa shape index (κ2) is 2.90. The Morgan fingerprint density at radius 2 is 2.33 bits per heavy atom. The summed E-state index contributed by atoms with van der Waals surface area (Å²) in [5.41, 5.74) is 1.94. The van der Waals surface area contributed by atoms with Gasteiger partial charge in [0.1, 0.15) is 5.78 Å². The summed E-state index contributed by atoms with van der Waals surface area (Å²) in [6, 6.07) is 4.04. The third-order valence-corrected chi connectivity index (χ3v) is 2.97. The third kappa shape index (κ3) is 1.37. The van der Waals surface area contributed by atoms with E-state index in [2.05, 4.69) is 11.1 Å². The first-order valence-electron chi connectivity index (χ1n) is 3.87. The molecule has 12 heavy (non-hydrogen) atoms. The van der Waals surface area contributed by atoms with Crippen molar-refractivity contribution < 1.29 is 4.79 Å². The maximum Gasteiger partial charge on any atom is 0.149 e. The minimum Gasteiger partial charge on any atom is -0.298 e. The summed E-state index contributed by atoms with van der Waals surface area (Å²) in [4.78, 5) is 16.6. The zero-order chi connectivity index (χ0) is 8.55. The van der Waals surface area contributed by atoms with Crippen molar-refractivity contribution in [2.75, 3.05) is 5.75 Å². The summed E-state index contributed by atoms with van der Waals surface area (Å²) in [5.74, 6) is 0.892. The number of hydrogen-bond donors (Lipinski definition) is 0. The first-order chi connectivity index (χ1) is 5.75. The van der Waals surface area contributed by atoms with Gasteiger partial charge in [-0.05, 0) is 19.1 Å². The Morgan fingerprint density at radius 3 is 3.17 bits per heavy atom. The molecule has 2 nitrogen and oxygen atoms in total. The zero-order valence-electron chi connectivity index (χ0n) is 6.83. The van der Waals surface area contributed by atoms with Crippen LogP contribution in [-0.4, -0.2) is 16.5 Å². The summed E-state index contributed by atoms with van der Waals surface area (Å²) >= 11 is 1.59. The van der Waals surface area contributed by atoms with Crippen molar-refractivity contribution in [3.05, 3.63) is 23.5 Å². The van der Waals surface area contributed by atoms with Gasteiger partial charge in [0.15, 0.2) is 0 Å².